The van der Waals surface area contributed by atoms with E-state index in [0.29, 0.717) is 19.0 Å². The van der Waals surface area contributed by atoms with E-state index in [4.69, 9.17) is 4.74 Å². The summed E-state index contributed by atoms with van der Waals surface area (Å²) in [6, 6.07) is 8.08. The van der Waals surface area contributed by atoms with Crippen molar-refractivity contribution in [3.63, 3.8) is 0 Å². The average Bonchev–Trinajstić information content (AvgIpc) is 2.93. The molecule has 1 heterocycles. The number of amides is 1. The third-order valence-electron chi connectivity index (χ3n) is 3.31. The first-order valence-electron chi connectivity index (χ1n) is 7.76. The molecule has 1 amide bonds. The van der Waals surface area contributed by atoms with Crippen LogP contribution in [-0.2, 0) is 11.2 Å². The van der Waals surface area contributed by atoms with Gasteiger partial charge in [0.1, 0.15) is 18.4 Å². The normalized spacial score (nSPS) is 15.9. The summed E-state index contributed by atoms with van der Waals surface area (Å²) < 4.78 is 5.88. The number of halogens is 1. The van der Waals surface area contributed by atoms with Crippen molar-refractivity contribution < 1.29 is 9.53 Å². The topological polar surface area (TPSA) is 74.8 Å². The van der Waals surface area contributed by atoms with Crippen LogP contribution in [-0.4, -0.2) is 44.1 Å². The highest BCUT2D eigenvalue weighted by Crippen LogP contribution is 2.27. The van der Waals surface area contributed by atoms with Crippen LogP contribution in [0.15, 0.2) is 29.3 Å². The van der Waals surface area contributed by atoms with E-state index in [1.165, 1.54) is 5.56 Å². The Hall–Kier alpha value is -1.51. The molecular formula is C16H25IN4O2. The monoisotopic (exact) mass is 432 g/mol. The van der Waals surface area contributed by atoms with Crippen molar-refractivity contribution >= 4 is 35.8 Å². The van der Waals surface area contributed by atoms with Crippen molar-refractivity contribution in [1.29, 1.82) is 0 Å². The second-order valence-corrected chi connectivity index (χ2v) is 5.08. The second-order valence-electron chi connectivity index (χ2n) is 5.08. The molecule has 6 nitrogen and oxygen atoms in total. The highest BCUT2D eigenvalue weighted by Gasteiger charge is 2.22. The van der Waals surface area contributed by atoms with Gasteiger partial charge in [-0.15, -0.1) is 24.0 Å². The molecule has 1 aliphatic heterocycles. The number of nitrogens with zero attached hydrogens (tertiary/aromatic N) is 1. The molecule has 1 aliphatic rings. The van der Waals surface area contributed by atoms with Gasteiger partial charge in [-0.2, -0.15) is 0 Å². The minimum Gasteiger partial charge on any atom is -0.488 e. The van der Waals surface area contributed by atoms with E-state index in [2.05, 4.69) is 27.0 Å². The van der Waals surface area contributed by atoms with E-state index in [-0.39, 0.29) is 42.5 Å². The summed E-state index contributed by atoms with van der Waals surface area (Å²) in [6.45, 7) is 6.01. The molecule has 128 valence electrons. The number of fused-ring (bicyclic) bond motifs is 1. The molecule has 0 aliphatic carbocycles. The Bertz CT molecular complexity index is 512. The molecule has 1 unspecified atom stereocenters. The summed E-state index contributed by atoms with van der Waals surface area (Å²) in [5.41, 5.74) is 1.23. The van der Waals surface area contributed by atoms with Crippen LogP contribution in [0.1, 0.15) is 19.4 Å². The quantitative estimate of drug-likeness (QED) is 0.360. The number of guanidine groups is 1. The first-order valence-corrected chi connectivity index (χ1v) is 7.76. The molecule has 23 heavy (non-hydrogen) atoms. The van der Waals surface area contributed by atoms with Gasteiger partial charge in [-0.25, -0.2) is 4.99 Å². The molecule has 0 saturated carbocycles. The maximum atomic E-state index is 11.5. The Morgan fingerprint density at radius 1 is 1.22 bits per heavy atom. The van der Waals surface area contributed by atoms with Crippen LogP contribution in [0.25, 0.3) is 0 Å². The molecule has 0 radical (unpaired) electrons. The lowest BCUT2D eigenvalue weighted by atomic mass is 10.1. The fraction of sp³-hybridized carbons (Fsp3) is 0.500. The Balaban J connectivity index is 0.00000264. The van der Waals surface area contributed by atoms with Crippen LogP contribution in [0.4, 0.5) is 0 Å². The molecule has 3 N–H and O–H groups in total. The van der Waals surface area contributed by atoms with Crippen molar-refractivity contribution in [2.75, 3.05) is 26.2 Å². The molecule has 1 aromatic rings. The maximum Gasteiger partial charge on any atom is 0.241 e. The number of para-hydroxylation sites is 1. The smallest absolute Gasteiger partial charge is 0.241 e. The van der Waals surface area contributed by atoms with Gasteiger partial charge in [-0.05, 0) is 25.5 Å². The van der Waals surface area contributed by atoms with Gasteiger partial charge in [0.15, 0.2) is 5.96 Å². The molecule has 0 saturated heterocycles. The van der Waals surface area contributed by atoms with Gasteiger partial charge >= 0.3 is 0 Å². The van der Waals surface area contributed by atoms with Crippen LogP contribution < -0.4 is 20.7 Å². The number of likely N-dealkylation sites (N-methyl/N-ethyl adjacent to an activating group) is 1. The van der Waals surface area contributed by atoms with Gasteiger partial charge in [0.2, 0.25) is 5.91 Å². The van der Waals surface area contributed by atoms with Crippen LogP contribution in [0.3, 0.4) is 0 Å². The van der Waals surface area contributed by atoms with Crippen molar-refractivity contribution in [1.82, 2.24) is 16.0 Å². The van der Waals surface area contributed by atoms with Gasteiger partial charge in [-0.1, -0.05) is 18.2 Å². The van der Waals surface area contributed by atoms with E-state index in [1.807, 2.05) is 32.0 Å². The van der Waals surface area contributed by atoms with Gasteiger partial charge in [0.25, 0.3) is 0 Å². The number of hydrogen-bond donors (Lipinski definition) is 3. The standard InChI is InChI=1S/C16H24N4O2.HI/c1-3-17-15(21)11-20-16(18-4-2)19-10-13-9-12-7-5-6-8-14(12)22-13;/h5-8,13H,3-4,9-11H2,1-2H3,(H,17,21)(H2,18,19,20);1H. The summed E-state index contributed by atoms with van der Waals surface area (Å²) >= 11 is 0. The first kappa shape index (κ1) is 19.5. The number of rotatable bonds is 6. The lowest BCUT2D eigenvalue weighted by molar-refractivity contribution is -0.119. The Labute approximate surface area is 154 Å². The molecule has 0 spiro atoms. The lowest BCUT2D eigenvalue weighted by Gasteiger charge is -2.15. The van der Waals surface area contributed by atoms with Gasteiger partial charge < -0.3 is 20.7 Å². The highest BCUT2D eigenvalue weighted by atomic mass is 127. The zero-order valence-electron chi connectivity index (χ0n) is 13.6. The van der Waals surface area contributed by atoms with Crippen LogP contribution in [0.2, 0.25) is 0 Å². The SMILES string of the molecule is CCNC(=O)CN=C(NCC)NCC1Cc2ccccc2O1.I. The number of carbonyl (C=O) groups is 1. The fourth-order valence-electron chi connectivity index (χ4n) is 2.32. The zero-order valence-corrected chi connectivity index (χ0v) is 15.9. The first-order chi connectivity index (χ1) is 10.7. The maximum absolute atomic E-state index is 11.5. The number of aliphatic imine (C=N–C) groups is 1. The Morgan fingerprint density at radius 3 is 2.65 bits per heavy atom. The van der Waals surface area contributed by atoms with Crippen molar-refractivity contribution in [2.45, 2.75) is 26.4 Å². The molecule has 0 bridgehead atoms. The van der Waals surface area contributed by atoms with Crippen LogP contribution in [0, 0.1) is 0 Å². The van der Waals surface area contributed by atoms with Crippen molar-refractivity contribution in [3.8, 4) is 5.75 Å². The number of nitrogens with one attached hydrogen (secondary N) is 3. The molecule has 2 rings (SSSR count). The minimum absolute atomic E-state index is 0. The molecule has 1 atom stereocenters. The molecular weight excluding hydrogens is 407 g/mol. The van der Waals surface area contributed by atoms with Crippen LogP contribution >= 0.6 is 24.0 Å². The predicted octanol–water partition coefficient (Wildman–Crippen LogP) is 1.30. The van der Waals surface area contributed by atoms with E-state index in [9.17, 15) is 4.79 Å². The number of carbonyl (C=O) groups excluding carboxylic acids is 1. The van der Waals surface area contributed by atoms with E-state index in [1.54, 1.807) is 0 Å². The molecule has 7 heteroatoms. The average molecular weight is 432 g/mol. The van der Waals surface area contributed by atoms with Gasteiger partial charge in [-0.3, -0.25) is 4.79 Å². The summed E-state index contributed by atoms with van der Waals surface area (Å²) in [5.74, 6) is 1.51. The van der Waals surface area contributed by atoms with Gasteiger partial charge in [0.05, 0.1) is 6.54 Å². The number of ether oxygens (including phenoxy) is 1. The Kier molecular flexibility index (Phi) is 8.75. The minimum atomic E-state index is -0.0794. The summed E-state index contributed by atoms with van der Waals surface area (Å²) in [5, 5.41) is 9.08. The predicted molar refractivity (Wildman–Crippen MR) is 103 cm³/mol. The summed E-state index contributed by atoms with van der Waals surface area (Å²) in [6.07, 6.45) is 0.976. The molecule has 0 aromatic heterocycles. The third-order valence-corrected chi connectivity index (χ3v) is 3.31. The van der Waals surface area contributed by atoms with Crippen molar-refractivity contribution in [3.05, 3.63) is 29.8 Å². The molecule has 0 fully saturated rings. The van der Waals surface area contributed by atoms with Gasteiger partial charge in [0, 0.05) is 19.5 Å². The van der Waals surface area contributed by atoms with E-state index >= 15 is 0 Å². The number of hydrogen-bond acceptors (Lipinski definition) is 3. The second kappa shape index (κ2) is 10.3. The number of benzene rings is 1. The molecule has 1 aromatic carbocycles. The summed E-state index contributed by atoms with van der Waals surface area (Å²) in [4.78, 5) is 15.7. The van der Waals surface area contributed by atoms with Crippen LogP contribution in [0.5, 0.6) is 5.75 Å². The highest BCUT2D eigenvalue weighted by molar-refractivity contribution is 14.0. The zero-order chi connectivity index (χ0) is 15.8. The summed E-state index contributed by atoms with van der Waals surface area (Å²) in [7, 11) is 0. The lowest BCUT2D eigenvalue weighted by Crippen LogP contribution is -2.43. The van der Waals surface area contributed by atoms with E-state index in [0.717, 1.165) is 18.7 Å². The third kappa shape index (κ3) is 6.25. The Morgan fingerprint density at radius 2 is 1.96 bits per heavy atom. The van der Waals surface area contributed by atoms with E-state index < -0.39 is 0 Å². The van der Waals surface area contributed by atoms with Crippen molar-refractivity contribution in [2.24, 2.45) is 4.99 Å². The largest absolute Gasteiger partial charge is 0.488 e. The fourth-order valence-corrected chi connectivity index (χ4v) is 2.32.